The van der Waals surface area contributed by atoms with Crippen molar-refractivity contribution in [3.8, 4) is 0 Å². The molecule has 4 heteroatoms. The quantitative estimate of drug-likeness (QED) is 0.761. The van der Waals surface area contributed by atoms with Crippen molar-refractivity contribution in [1.82, 2.24) is 0 Å². The smallest absolute Gasteiger partial charge is 0.192 e. The average Bonchev–Trinajstić information content (AvgIpc) is 2.30. The van der Waals surface area contributed by atoms with Crippen molar-refractivity contribution in [2.75, 3.05) is 0 Å². The van der Waals surface area contributed by atoms with Gasteiger partial charge in [0.15, 0.2) is 14.6 Å². The van der Waals surface area contributed by atoms with E-state index in [2.05, 4.69) is 33.9 Å². The van der Waals surface area contributed by atoms with Crippen LogP contribution in [0.4, 0.5) is 0 Å². The highest BCUT2D eigenvalue weighted by atomic mass is 28.4. The molecule has 1 aliphatic heterocycles. The third-order valence-corrected chi connectivity index (χ3v) is 8.50. The van der Waals surface area contributed by atoms with E-state index in [-0.39, 0.29) is 23.2 Å². The normalized spacial score (nSPS) is 36.8. The molecule has 3 nitrogen and oxygen atoms in total. The zero-order valence-electron chi connectivity index (χ0n) is 11.6. The van der Waals surface area contributed by atoms with Crippen LogP contribution < -0.4 is 0 Å². The molecular weight excluding hydrogens is 220 g/mol. The summed E-state index contributed by atoms with van der Waals surface area (Å²) in [6.07, 6.45) is -0.667. The van der Waals surface area contributed by atoms with Crippen LogP contribution in [0.25, 0.3) is 0 Å². The first-order chi connectivity index (χ1) is 7.06. The summed E-state index contributed by atoms with van der Waals surface area (Å²) in [5.41, 5.74) is 0. The first-order valence-corrected chi connectivity index (χ1v) is 8.98. The Morgan fingerprint density at radius 1 is 1.19 bits per heavy atom. The zero-order valence-corrected chi connectivity index (χ0v) is 12.6. The molecule has 0 aromatic carbocycles. The van der Waals surface area contributed by atoms with Gasteiger partial charge in [-0.3, -0.25) is 0 Å². The topological polar surface area (TPSA) is 38.7 Å². The first kappa shape index (κ1) is 14.2. The minimum atomic E-state index is -1.77. The second kappa shape index (κ2) is 4.41. The summed E-state index contributed by atoms with van der Waals surface area (Å²) in [7, 11) is -1.77. The van der Waals surface area contributed by atoms with Crippen molar-refractivity contribution in [2.45, 2.75) is 71.2 Å². The molecule has 1 aliphatic rings. The lowest BCUT2D eigenvalue weighted by molar-refractivity contribution is -0.101. The van der Waals surface area contributed by atoms with Gasteiger partial charge in [-0.05, 0) is 25.1 Å². The van der Waals surface area contributed by atoms with Crippen LogP contribution in [0.3, 0.4) is 0 Å². The van der Waals surface area contributed by atoms with Crippen molar-refractivity contribution < 1.29 is 14.3 Å². The molecule has 1 rings (SSSR count). The Kier molecular flexibility index (Phi) is 3.90. The minimum absolute atomic E-state index is 0.0147. The molecule has 4 atom stereocenters. The summed E-state index contributed by atoms with van der Waals surface area (Å²) in [6.45, 7) is 15.1. The number of hydrogen-bond acceptors (Lipinski definition) is 3. The average molecular weight is 246 g/mol. The van der Waals surface area contributed by atoms with Gasteiger partial charge in [-0.25, -0.2) is 0 Å². The van der Waals surface area contributed by atoms with E-state index in [0.29, 0.717) is 0 Å². The Hall–Kier alpha value is 0.0969. The van der Waals surface area contributed by atoms with Crippen molar-refractivity contribution >= 4 is 8.32 Å². The van der Waals surface area contributed by atoms with Crippen LogP contribution in [0, 0.1) is 5.92 Å². The van der Waals surface area contributed by atoms with Gasteiger partial charge in [-0.2, -0.15) is 0 Å². The van der Waals surface area contributed by atoms with Crippen LogP contribution >= 0.6 is 0 Å². The monoisotopic (exact) mass is 246 g/mol. The van der Waals surface area contributed by atoms with Gasteiger partial charge >= 0.3 is 0 Å². The molecule has 1 heterocycles. The van der Waals surface area contributed by atoms with E-state index in [4.69, 9.17) is 9.16 Å². The fraction of sp³-hybridized carbons (Fsp3) is 1.00. The van der Waals surface area contributed by atoms with E-state index in [9.17, 15) is 5.11 Å². The standard InChI is InChI=1S/C12H26O3Si/c1-8-10(9(2)14-11(8)13)15-16(6,7)12(3,4)5/h8-11,13H,1-7H3/t8-,9+,10+,11?/m1/s1. The van der Waals surface area contributed by atoms with Gasteiger partial charge in [0, 0.05) is 5.92 Å². The summed E-state index contributed by atoms with van der Waals surface area (Å²) in [5, 5.41) is 9.85. The number of hydrogen-bond donors (Lipinski definition) is 1. The van der Waals surface area contributed by atoms with Crippen LogP contribution in [-0.4, -0.2) is 31.9 Å². The molecule has 1 N–H and O–H groups in total. The maximum Gasteiger partial charge on any atom is 0.192 e. The van der Waals surface area contributed by atoms with Crippen LogP contribution in [0.15, 0.2) is 0 Å². The number of aliphatic hydroxyl groups excluding tert-OH is 1. The molecule has 0 amide bonds. The lowest BCUT2D eigenvalue weighted by atomic mass is 10.0. The molecule has 0 aromatic heterocycles. The SMILES string of the molecule is C[C@@H]1OC(O)[C@H](C)[C@@H]1O[Si](C)(C)C(C)(C)C. The van der Waals surface area contributed by atoms with Gasteiger partial charge in [0.05, 0.1) is 12.2 Å². The fourth-order valence-corrected chi connectivity index (χ4v) is 3.17. The number of rotatable bonds is 2. The van der Waals surface area contributed by atoms with Crippen LogP contribution in [0.2, 0.25) is 18.1 Å². The van der Waals surface area contributed by atoms with Crippen LogP contribution in [0.5, 0.6) is 0 Å². The summed E-state index contributed by atoms with van der Waals surface area (Å²) < 4.78 is 11.7. The fourth-order valence-electron chi connectivity index (χ4n) is 1.73. The highest BCUT2D eigenvalue weighted by molar-refractivity contribution is 6.74. The molecule has 0 aliphatic carbocycles. The van der Waals surface area contributed by atoms with Crippen molar-refractivity contribution in [1.29, 1.82) is 0 Å². The Bertz CT molecular complexity index is 247. The van der Waals surface area contributed by atoms with E-state index < -0.39 is 14.6 Å². The maximum absolute atomic E-state index is 9.65. The van der Waals surface area contributed by atoms with Crippen LogP contribution in [0.1, 0.15) is 34.6 Å². The van der Waals surface area contributed by atoms with Gasteiger partial charge in [-0.15, -0.1) is 0 Å². The molecule has 96 valence electrons. The molecule has 1 unspecified atom stereocenters. The number of ether oxygens (including phenoxy) is 1. The highest BCUT2D eigenvalue weighted by Gasteiger charge is 2.46. The second-order valence-electron chi connectivity index (χ2n) is 6.43. The van der Waals surface area contributed by atoms with E-state index in [0.717, 1.165) is 0 Å². The Morgan fingerprint density at radius 3 is 2.00 bits per heavy atom. The first-order valence-electron chi connectivity index (χ1n) is 6.07. The Morgan fingerprint density at radius 2 is 1.69 bits per heavy atom. The molecule has 1 saturated heterocycles. The molecule has 0 radical (unpaired) electrons. The molecule has 16 heavy (non-hydrogen) atoms. The van der Waals surface area contributed by atoms with E-state index in [1.165, 1.54) is 0 Å². The van der Waals surface area contributed by atoms with E-state index in [1.54, 1.807) is 0 Å². The Balaban J connectivity index is 2.74. The van der Waals surface area contributed by atoms with Crippen molar-refractivity contribution in [3.05, 3.63) is 0 Å². The van der Waals surface area contributed by atoms with E-state index in [1.807, 2.05) is 13.8 Å². The van der Waals surface area contributed by atoms with Gasteiger partial charge in [0.2, 0.25) is 0 Å². The second-order valence-corrected chi connectivity index (χ2v) is 11.2. The van der Waals surface area contributed by atoms with Gasteiger partial charge in [0.25, 0.3) is 0 Å². The highest BCUT2D eigenvalue weighted by Crippen LogP contribution is 2.40. The third-order valence-electron chi connectivity index (χ3n) is 4.02. The lowest BCUT2D eigenvalue weighted by Gasteiger charge is -2.39. The molecule has 0 aromatic rings. The predicted octanol–water partition coefficient (Wildman–Crippen LogP) is 2.75. The van der Waals surface area contributed by atoms with Gasteiger partial charge in [0.1, 0.15) is 0 Å². The maximum atomic E-state index is 9.65. The van der Waals surface area contributed by atoms with Crippen LogP contribution in [-0.2, 0) is 9.16 Å². The largest absolute Gasteiger partial charge is 0.411 e. The summed E-state index contributed by atoms with van der Waals surface area (Å²) in [4.78, 5) is 0. The van der Waals surface area contributed by atoms with Crippen molar-refractivity contribution in [3.63, 3.8) is 0 Å². The number of aliphatic hydroxyl groups is 1. The van der Waals surface area contributed by atoms with Gasteiger partial charge in [-0.1, -0.05) is 27.7 Å². The lowest BCUT2D eigenvalue weighted by Crippen LogP contribution is -2.47. The molecular formula is C12H26O3Si. The predicted molar refractivity (Wildman–Crippen MR) is 67.8 cm³/mol. The summed E-state index contributed by atoms with van der Waals surface area (Å²) in [5.74, 6) is 0.0594. The van der Waals surface area contributed by atoms with Gasteiger partial charge < -0.3 is 14.3 Å². The van der Waals surface area contributed by atoms with Crippen molar-refractivity contribution in [2.24, 2.45) is 5.92 Å². The summed E-state index contributed by atoms with van der Waals surface area (Å²) in [6, 6.07) is 0. The third kappa shape index (κ3) is 2.67. The van der Waals surface area contributed by atoms with E-state index >= 15 is 0 Å². The summed E-state index contributed by atoms with van der Waals surface area (Å²) >= 11 is 0. The zero-order chi connectivity index (χ0) is 12.7. The molecule has 0 saturated carbocycles. The minimum Gasteiger partial charge on any atom is -0.411 e. The Labute approximate surface area is 100 Å². The molecule has 0 bridgehead atoms. The molecule has 0 spiro atoms. The molecule has 1 fully saturated rings.